The summed E-state index contributed by atoms with van der Waals surface area (Å²) < 4.78 is 43.5. The summed E-state index contributed by atoms with van der Waals surface area (Å²) in [6, 6.07) is 9.25. The van der Waals surface area contributed by atoms with E-state index in [2.05, 4.69) is 15.6 Å². The van der Waals surface area contributed by atoms with Crippen LogP contribution in [0.1, 0.15) is 11.1 Å². The molecule has 0 spiro atoms. The molecule has 0 radical (unpaired) electrons. The zero-order valence-electron chi connectivity index (χ0n) is 13.6. The maximum Gasteiger partial charge on any atom is 0.419 e. The van der Waals surface area contributed by atoms with Crippen molar-refractivity contribution in [2.75, 3.05) is 25.5 Å². The molecule has 0 saturated carbocycles. The Balaban J connectivity index is 1.78. The summed E-state index contributed by atoms with van der Waals surface area (Å²) in [5, 5.41) is 5.24. The van der Waals surface area contributed by atoms with E-state index in [0.717, 1.165) is 11.6 Å². The van der Waals surface area contributed by atoms with E-state index in [-0.39, 0.29) is 31.2 Å². The van der Waals surface area contributed by atoms with Crippen molar-refractivity contribution < 1.29 is 22.7 Å². The molecule has 1 aromatic heterocycles. The fourth-order valence-corrected chi connectivity index (χ4v) is 2.15. The molecule has 8 heteroatoms. The lowest BCUT2D eigenvalue weighted by atomic mass is 10.1. The van der Waals surface area contributed by atoms with Gasteiger partial charge in [0.25, 0.3) is 0 Å². The van der Waals surface area contributed by atoms with E-state index in [9.17, 15) is 18.0 Å². The van der Waals surface area contributed by atoms with E-state index in [1.165, 1.54) is 12.3 Å². The number of nitrogens with one attached hydrogen (secondary N) is 2. The van der Waals surface area contributed by atoms with Gasteiger partial charge in [-0.2, -0.15) is 13.2 Å². The van der Waals surface area contributed by atoms with Crippen LogP contribution in [-0.2, 0) is 17.4 Å². The molecule has 0 aliphatic rings. The van der Waals surface area contributed by atoms with Crippen LogP contribution >= 0.6 is 0 Å². The quantitative estimate of drug-likeness (QED) is 0.752. The van der Waals surface area contributed by atoms with Crippen molar-refractivity contribution in [2.45, 2.75) is 12.6 Å². The second-order valence-electron chi connectivity index (χ2n) is 5.20. The van der Waals surface area contributed by atoms with E-state index < -0.39 is 11.7 Å². The predicted octanol–water partition coefficient (Wildman–Crippen LogP) is 2.88. The fourth-order valence-electron chi connectivity index (χ4n) is 2.15. The van der Waals surface area contributed by atoms with E-state index in [1.807, 2.05) is 0 Å². The summed E-state index contributed by atoms with van der Waals surface area (Å²) in [6.45, 7) is 0.317. The first-order valence-electron chi connectivity index (χ1n) is 7.56. The van der Waals surface area contributed by atoms with Crippen LogP contribution in [0.25, 0.3) is 0 Å². The average Bonchev–Trinajstić information content (AvgIpc) is 2.59. The molecule has 2 rings (SSSR count). The lowest BCUT2D eigenvalue weighted by Gasteiger charge is -2.13. The second-order valence-corrected chi connectivity index (χ2v) is 5.20. The molecular formula is C17H18F3N3O2. The largest absolute Gasteiger partial charge is 0.497 e. The number of halogens is 3. The predicted molar refractivity (Wildman–Crippen MR) is 87.4 cm³/mol. The fraction of sp³-hybridized carbons (Fsp3) is 0.294. The number of carbonyl (C=O) groups excluding carboxylic acids is 1. The van der Waals surface area contributed by atoms with Gasteiger partial charge in [0.15, 0.2) is 0 Å². The number of ether oxygens (including phenoxy) is 1. The van der Waals surface area contributed by atoms with Crippen molar-refractivity contribution >= 4 is 11.7 Å². The molecular weight excluding hydrogens is 335 g/mol. The van der Waals surface area contributed by atoms with Gasteiger partial charge in [-0.05, 0) is 29.8 Å². The van der Waals surface area contributed by atoms with Crippen molar-refractivity contribution in [3.63, 3.8) is 0 Å². The number of anilines is 1. The summed E-state index contributed by atoms with van der Waals surface area (Å²) in [7, 11) is 1.56. The van der Waals surface area contributed by atoms with Crippen LogP contribution in [0.15, 0.2) is 42.6 Å². The van der Waals surface area contributed by atoms with E-state index >= 15 is 0 Å². The molecule has 1 amide bonds. The average molecular weight is 353 g/mol. The van der Waals surface area contributed by atoms with Gasteiger partial charge in [0.1, 0.15) is 11.6 Å². The zero-order chi connectivity index (χ0) is 18.3. The maximum absolute atomic E-state index is 12.8. The Morgan fingerprint density at radius 3 is 2.52 bits per heavy atom. The van der Waals surface area contributed by atoms with Gasteiger partial charge in [-0.25, -0.2) is 4.98 Å². The first-order valence-corrected chi connectivity index (χ1v) is 7.56. The number of hydrogen-bond acceptors (Lipinski definition) is 4. The van der Waals surface area contributed by atoms with Crippen LogP contribution < -0.4 is 15.4 Å². The summed E-state index contributed by atoms with van der Waals surface area (Å²) in [5.74, 6) is 0.229. The molecule has 0 bridgehead atoms. The highest BCUT2D eigenvalue weighted by atomic mass is 19.4. The number of aromatic nitrogens is 1. The number of rotatable bonds is 7. The molecule has 0 unspecified atom stereocenters. The Hall–Kier alpha value is -2.77. The molecule has 0 aliphatic carbocycles. The number of hydrogen-bond donors (Lipinski definition) is 2. The minimum absolute atomic E-state index is 0.133. The summed E-state index contributed by atoms with van der Waals surface area (Å²) in [4.78, 5) is 15.5. The normalized spacial score (nSPS) is 11.0. The lowest BCUT2D eigenvalue weighted by Crippen LogP contribution is -2.30. The highest BCUT2D eigenvalue weighted by molar-refractivity contribution is 5.78. The molecule has 5 nitrogen and oxygen atoms in total. The molecule has 1 heterocycles. The van der Waals surface area contributed by atoms with Crippen LogP contribution in [0, 0.1) is 0 Å². The third-order valence-electron chi connectivity index (χ3n) is 3.38. The Morgan fingerprint density at radius 2 is 1.88 bits per heavy atom. The summed E-state index contributed by atoms with van der Waals surface area (Å²) in [6.07, 6.45) is -3.02. The molecule has 25 heavy (non-hydrogen) atoms. The number of alkyl halides is 3. The number of methoxy groups -OCH3 is 1. The minimum Gasteiger partial charge on any atom is -0.497 e. The van der Waals surface area contributed by atoms with Gasteiger partial charge >= 0.3 is 6.18 Å². The van der Waals surface area contributed by atoms with Gasteiger partial charge in [0, 0.05) is 19.3 Å². The van der Waals surface area contributed by atoms with Crippen LogP contribution in [0.2, 0.25) is 0 Å². The van der Waals surface area contributed by atoms with Gasteiger partial charge in [0.2, 0.25) is 5.91 Å². The van der Waals surface area contributed by atoms with E-state index in [0.29, 0.717) is 5.75 Å². The van der Waals surface area contributed by atoms with Gasteiger partial charge < -0.3 is 15.4 Å². The third kappa shape index (κ3) is 5.66. The number of pyridine rings is 1. The van der Waals surface area contributed by atoms with Crippen LogP contribution in [0.3, 0.4) is 0 Å². The third-order valence-corrected chi connectivity index (χ3v) is 3.38. The first-order chi connectivity index (χ1) is 11.9. The Labute approximate surface area is 143 Å². The summed E-state index contributed by atoms with van der Waals surface area (Å²) >= 11 is 0. The smallest absolute Gasteiger partial charge is 0.419 e. The molecule has 0 atom stereocenters. The monoisotopic (exact) mass is 353 g/mol. The SMILES string of the molecule is COc1ccc(CC(=O)NCCNc2ncccc2C(F)(F)F)cc1. The van der Waals surface area contributed by atoms with Crippen LogP contribution in [-0.4, -0.2) is 31.1 Å². The number of carbonyl (C=O) groups is 1. The van der Waals surface area contributed by atoms with Gasteiger partial charge in [-0.1, -0.05) is 12.1 Å². The van der Waals surface area contributed by atoms with E-state index in [4.69, 9.17) is 4.74 Å². The Morgan fingerprint density at radius 1 is 1.16 bits per heavy atom. The van der Waals surface area contributed by atoms with Crippen LogP contribution in [0.4, 0.5) is 19.0 Å². The highest BCUT2D eigenvalue weighted by Gasteiger charge is 2.33. The molecule has 0 fully saturated rings. The van der Waals surface area contributed by atoms with Crippen molar-refractivity contribution in [1.82, 2.24) is 10.3 Å². The second kappa shape index (κ2) is 8.36. The molecule has 0 saturated heterocycles. The van der Waals surface area contributed by atoms with Crippen LogP contribution in [0.5, 0.6) is 5.75 Å². The maximum atomic E-state index is 12.8. The van der Waals surface area contributed by atoms with Gasteiger partial charge in [0.05, 0.1) is 19.1 Å². The van der Waals surface area contributed by atoms with E-state index in [1.54, 1.807) is 31.4 Å². The van der Waals surface area contributed by atoms with Crippen molar-refractivity contribution in [3.8, 4) is 5.75 Å². The number of amides is 1. The topological polar surface area (TPSA) is 63.2 Å². The Bertz CT molecular complexity index is 703. The van der Waals surface area contributed by atoms with Gasteiger partial charge in [-0.15, -0.1) is 0 Å². The minimum atomic E-state index is -4.48. The standard InChI is InChI=1S/C17H18F3N3O2/c1-25-13-6-4-12(5-7-13)11-15(24)21-9-10-23-16-14(17(18,19)20)3-2-8-22-16/h2-8H,9-11H2,1H3,(H,21,24)(H,22,23). The molecule has 2 aromatic rings. The van der Waals surface area contributed by atoms with Crippen molar-refractivity contribution in [1.29, 1.82) is 0 Å². The van der Waals surface area contributed by atoms with Crippen molar-refractivity contribution in [2.24, 2.45) is 0 Å². The molecule has 0 aliphatic heterocycles. The highest BCUT2D eigenvalue weighted by Crippen LogP contribution is 2.33. The summed E-state index contributed by atoms with van der Waals surface area (Å²) in [5.41, 5.74) is -0.0186. The zero-order valence-corrected chi connectivity index (χ0v) is 13.6. The molecule has 134 valence electrons. The first kappa shape index (κ1) is 18.6. The van der Waals surface area contributed by atoms with Gasteiger partial charge in [-0.3, -0.25) is 4.79 Å². The van der Waals surface area contributed by atoms with Crippen molar-refractivity contribution in [3.05, 3.63) is 53.7 Å². The number of benzene rings is 1. The Kier molecular flexibility index (Phi) is 6.21. The molecule has 2 N–H and O–H groups in total. The lowest BCUT2D eigenvalue weighted by molar-refractivity contribution is -0.137. The molecule has 1 aromatic carbocycles. The number of nitrogens with zero attached hydrogens (tertiary/aromatic N) is 1.